The predicted molar refractivity (Wildman–Crippen MR) is 64.9 cm³/mol. The molecule has 1 saturated heterocycles. The minimum absolute atomic E-state index is 0.0219. The van der Waals surface area contributed by atoms with Crippen LogP contribution < -0.4 is 0 Å². The third-order valence-corrected chi connectivity index (χ3v) is 4.26. The first-order valence-corrected chi connectivity index (χ1v) is 6.99. The van der Waals surface area contributed by atoms with E-state index in [4.69, 9.17) is 4.74 Å². The molecule has 1 aliphatic heterocycles. The number of carbonyl (C=O) groups is 1. The van der Waals surface area contributed by atoms with Crippen molar-refractivity contribution in [2.75, 3.05) is 26.4 Å². The third kappa shape index (κ3) is 3.44. The standard InChI is InChI=1S/C13H20F3NO3/c14-13(15,16)10-3-1-9(2-4-10)12(19)17-5-6-20-8-11(17)7-18/h9-11,18H,1-8H2. The summed E-state index contributed by atoms with van der Waals surface area (Å²) in [6, 6.07) is -0.364. The summed E-state index contributed by atoms with van der Waals surface area (Å²) in [7, 11) is 0. The molecule has 4 nitrogen and oxygen atoms in total. The van der Waals surface area contributed by atoms with Gasteiger partial charge in [0.25, 0.3) is 0 Å². The van der Waals surface area contributed by atoms with Crippen LogP contribution in [0, 0.1) is 11.8 Å². The van der Waals surface area contributed by atoms with Crippen LogP contribution in [0.2, 0.25) is 0 Å². The molecule has 1 aliphatic carbocycles. The van der Waals surface area contributed by atoms with Gasteiger partial charge in [0.1, 0.15) is 0 Å². The Morgan fingerprint density at radius 1 is 1.25 bits per heavy atom. The molecular formula is C13H20F3NO3. The fourth-order valence-corrected chi connectivity index (χ4v) is 3.00. The van der Waals surface area contributed by atoms with Gasteiger partial charge in [0.15, 0.2) is 0 Å². The number of carbonyl (C=O) groups excluding carboxylic acids is 1. The first-order valence-electron chi connectivity index (χ1n) is 6.99. The summed E-state index contributed by atoms with van der Waals surface area (Å²) in [5, 5.41) is 9.23. The molecule has 116 valence electrons. The Bertz CT molecular complexity index is 340. The van der Waals surface area contributed by atoms with E-state index in [-0.39, 0.29) is 50.2 Å². The Labute approximate surface area is 115 Å². The largest absolute Gasteiger partial charge is 0.394 e. The lowest BCUT2D eigenvalue weighted by atomic mass is 9.81. The number of aliphatic hydroxyl groups excluding tert-OH is 1. The second-order valence-electron chi connectivity index (χ2n) is 5.53. The highest BCUT2D eigenvalue weighted by molar-refractivity contribution is 5.79. The van der Waals surface area contributed by atoms with Crippen LogP contribution in [0.15, 0.2) is 0 Å². The van der Waals surface area contributed by atoms with Crippen molar-refractivity contribution in [2.45, 2.75) is 37.9 Å². The molecule has 2 aliphatic rings. The van der Waals surface area contributed by atoms with Gasteiger partial charge in [0.05, 0.1) is 31.8 Å². The molecule has 1 atom stereocenters. The van der Waals surface area contributed by atoms with Gasteiger partial charge in [-0.3, -0.25) is 4.79 Å². The van der Waals surface area contributed by atoms with Crippen molar-refractivity contribution in [1.29, 1.82) is 0 Å². The molecule has 1 amide bonds. The van der Waals surface area contributed by atoms with E-state index >= 15 is 0 Å². The number of hydrogen-bond donors (Lipinski definition) is 1. The molecule has 20 heavy (non-hydrogen) atoms. The summed E-state index contributed by atoms with van der Waals surface area (Å²) in [6.07, 6.45) is -3.56. The van der Waals surface area contributed by atoms with Crippen LogP contribution >= 0.6 is 0 Å². The Kier molecular flexibility index (Phi) is 4.90. The summed E-state index contributed by atoms with van der Waals surface area (Å²) in [4.78, 5) is 13.9. The Morgan fingerprint density at radius 2 is 1.90 bits per heavy atom. The highest BCUT2D eigenvalue weighted by Gasteiger charge is 2.43. The number of ether oxygens (including phenoxy) is 1. The zero-order valence-corrected chi connectivity index (χ0v) is 11.2. The first kappa shape index (κ1) is 15.6. The number of halogens is 3. The van der Waals surface area contributed by atoms with Crippen molar-refractivity contribution < 1.29 is 27.8 Å². The average molecular weight is 295 g/mol. The van der Waals surface area contributed by atoms with Gasteiger partial charge in [0, 0.05) is 12.5 Å². The van der Waals surface area contributed by atoms with Gasteiger partial charge in [-0.1, -0.05) is 0 Å². The molecule has 2 rings (SSSR count). The lowest BCUT2D eigenvalue weighted by Gasteiger charge is -2.38. The lowest BCUT2D eigenvalue weighted by molar-refractivity contribution is -0.186. The van der Waals surface area contributed by atoms with Gasteiger partial charge in [-0.05, 0) is 25.7 Å². The summed E-state index contributed by atoms with van der Waals surface area (Å²) >= 11 is 0. The van der Waals surface area contributed by atoms with Crippen molar-refractivity contribution in [1.82, 2.24) is 4.90 Å². The minimum Gasteiger partial charge on any atom is -0.394 e. The third-order valence-electron chi connectivity index (χ3n) is 4.26. The number of nitrogens with zero attached hydrogens (tertiary/aromatic N) is 1. The zero-order chi connectivity index (χ0) is 14.8. The molecule has 7 heteroatoms. The van der Waals surface area contributed by atoms with Crippen LogP contribution in [0.25, 0.3) is 0 Å². The van der Waals surface area contributed by atoms with E-state index in [1.807, 2.05) is 0 Å². The molecule has 0 bridgehead atoms. The van der Waals surface area contributed by atoms with Gasteiger partial charge >= 0.3 is 6.18 Å². The molecule has 2 fully saturated rings. The van der Waals surface area contributed by atoms with Gasteiger partial charge in [0.2, 0.25) is 5.91 Å². The van der Waals surface area contributed by atoms with E-state index in [0.717, 1.165) is 0 Å². The molecule has 0 aromatic rings. The average Bonchev–Trinajstić information content (AvgIpc) is 2.45. The van der Waals surface area contributed by atoms with Crippen molar-refractivity contribution >= 4 is 5.91 Å². The summed E-state index contributed by atoms with van der Waals surface area (Å²) in [6.45, 7) is 0.938. The molecule has 1 unspecified atom stereocenters. The molecule has 1 saturated carbocycles. The van der Waals surface area contributed by atoms with Gasteiger partial charge in [-0.25, -0.2) is 0 Å². The van der Waals surface area contributed by atoms with Gasteiger partial charge in [-0.2, -0.15) is 13.2 Å². The zero-order valence-electron chi connectivity index (χ0n) is 11.2. The molecular weight excluding hydrogens is 275 g/mol. The van der Waals surface area contributed by atoms with Crippen molar-refractivity contribution in [3.63, 3.8) is 0 Å². The predicted octanol–water partition coefficient (Wildman–Crippen LogP) is 1.57. The van der Waals surface area contributed by atoms with Crippen LogP contribution in [0.5, 0.6) is 0 Å². The van der Waals surface area contributed by atoms with Crippen molar-refractivity contribution in [3.8, 4) is 0 Å². The number of morpholine rings is 1. The Morgan fingerprint density at radius 3 is 2.45 bits per heavy atom. The van der Waals surface area contributed by atoms with E-state index in [1.54, 1.807) is 4.90 Å². The lowest BCUT2D eigenvalue weighted by Crippen LogP contribution is -2.52. The fraction of sp³-hybridized carbons (Fsp3) is 0.923. The van der Waals surface area contributed by atoms with Crippen LogP contribution in [0.3, 0.4) is 0 Å². The van der Waals surface area contributed by atoms with E-state index in [0.29, 0.717) is 19.8 Å². The molecule has 0 aromatic carbocycles. The second kappa shape index (κ2) is 6.30. The quantitative estimate of drug-likeness (QED) is 0.841. The Balaban J connectivity index is 1.91. The smallest absolute Gasteiger partial charge is 0.391 e. The van der Waals surface area contributed by atoms with Crippen LogP contribution in [0.4, 0.5) is 13.2 Å². The van der Waals surface area contributed by atoms with Gasteiger partial charge < -0.3 is 14.7 Å². The minimum atomic E-state index is -4.15. The van der Waals surface area contributed by atoms with Crippen LogP contribution in [-0.2, 0) is 9.53 Å². The monoisotopic (exact) mass is 295 g/mol. The maximum absolute atomic E-state index is 12.6. The topological polar surface area (TPSA) is 49.8 Å². The van der Waals surface area contributed by atoms with Crippen LogP contribution in [0.1, 0.15) is 25.7 Å². The summed E-state index contributed by atoms with van der Waals surface area (Å²) < 4.78 is 43.0. The molecule has 0 spiro atoms. The fourth-order valence-electron chi connectivity index (χ4n) is 3.00. The second-order valence-corrected chi connectivity index (χ2v) is 5.53. The number of alkyl halides is 3. The number of amides is 1. The number of rotatable bonds is 2. The highest BCUT2D eigenvalue weighted by Crippen LogP contribution is 2.40. The number of hydrogen-bond acceptors (Lipinski definition) is 3. The molecule has 0 radical (unpaired) electrons. The number of aliphatic hydroxyl groups is 1. The van der Waals surface area contributed by atoms with E-state index in [2.05, 4.69) is 0 Å². The first-order chi connectivity index (χ1) is 9.43. The maximum Gasteiger partial charge on any atom is 0.391 e. The van der Waals surface area contributed by atoms with E-state index < -0.39 is 12.1 Å². The normalized spacial score (nSPS) is 32.2. The SMILES string of the molecule is O=C(C1CCC(C(F)(F)F)CC1)N1CCOCC1CO. The molecule has 0 aromatic heterocycles. The van der Waals surface area contributed by atoms with E-state index in [1.165, 1.54) is 0 Å². The highest BCUT2D eigenvalue weighted by atomic mass is 19.4. The van der Waals surface area contributed by atoms with Crippen LogP contribution in [-0.4, -0.2) is 54.5 Å². The summed E-state index contributed by atoms with van der Waals surface area (Å²) in [5.41, 5.74) is 0. The molecule has 1 heterocycles. The van der Waals surface area contributed by atoms with Crippen molar-refractivity contribution in [3.05, 3.63) is 0 Å². The molecule has 1 N–H and O–H groups in total. The van der Waals surface area contributed by atoms with Crippen molar-refractivity contribution in [2.24, 2.45) is 11.8 Å². The summed E-state index contributed by atoms with van der Waals surface area (Å²) in [5.74, 6) is -1.75. The van der Waals surface area contributed by atoms with E-state index in [9.17, 15) is 23.1 Å². The maximum atomic E-state index is 12.6. The van der Waals surface area contributed by atoms with Gasteiger partial charge in [-0.15, -0.1) is 0 Å². The Hall–Kier alpha value is -0.820.